The van der Waals surface area contributed by atoms with Gasteiger partial charge in [-0.25, -0.2) is 4.98 Å². The summed E-state index contributed by atoms with van der Waals surface area (Å²) in [6, 6.07) is 3.81. The van der Waals surface area contributed by atoms with E-state index in [4.69, 9.17) is 15.3 Å². The molecule has 1 aromatic carbocycles. The zero-order valence-corrected chi connectivity index (χ0v) is 17.9. The first-order valence-corrected chi connectivity index (χ1v) is 10.6. The van der Waals surface area contributed by atoms with E-state index in [1.807, 2.05) is 17.0 Å². The first-order valence-electron chi connectivity index (χ1n) is 9.75. The molecule has 3 N–H and O–H groups in total. The van der Waals surface area contributed by atoms with Crippen molar-refractivity contribution in [2.45, 2.75) is 40.5 Å². The van der Waals surface area contributed by atoms with Crippen LogP contribution in [0.3, 0.4) is 0 Å². The van der Waals surface area contributed by atoms with E-state index in [-0.39, 0.29) is 5.91 Å². The van der Waals surface area contributed by atoms with Crippen molar-refractivity contribution in [1.82, 2.24) is 10.3 Å². The van der Waals surface area contributed by atoms with Gasteiger partial charge in [0.05, 0.1) is 23.4 Å². The summed E-state index contributed by atoms with van der Waals surface area (Å²) in [4.78, 5) is 18.3. The lowest BCUT2D eigenvalue weighted by Crippen LogP contribution is -2.47. The molecule has 28 heavy (non-hydrogen) atoms. The Labute approximate surface area is 170 Å². The summed E-state index contributed by atoms with van der Waals surface area (Å²) in [6.45, 7) is 11.4. The number of nitrogens with two attached hydrogens (primary N) is 1. The van der Waals surface area contributed by atoms with Crippen molar-refractivity contribution < 1.29 is 15.1 Å². The highest BCUT2D eigenvalue weighted by atomic mass is 32.1. The molecule has 3 rings (SSSR count). The Balaban J connectivity index is 1.71. The predicted molar refractivity (Wildman–Crippen MR) is 112 cm³/mol. The number of amides is 1. The predicted octanol–water partition coefficient (Wildman–Crippen LogP) is 2.92. The maximum absolute atomic E-state index is 11.6. The summed E-state index contributed by atoms with van der Waals surface area (Å²) in [5, 5.41) is 7.56. The molecule has 0 bridgehead atoms. The Bertz CT molecular complexity index is 858. The van der Waals surface area contributed by atoms with E-state index in [1.165, 1.54) is 0 Å². The number of carbonyl (C=O) groups is 1. The minimum Gasteiger partial charge on any atom is -0.491 e. The smallest absolute Gasteiger partial charge is 0.239 e. The highest BCUT2D eigenvalue weighted by Gasteiger charge is 2.21. The van der Waals surface area contributed by atoms with E-state index >= 15 is 0 Å². The van der Waals surface area contributed by atoms with Crippen LogP contribution >= 0.6 is 11.3 Å². The summed E-state index contributed by atoms with van der Waals surface area (Å²) in [7, 11) is 0. The van der Waals surface area contributed by atoms with Gasteiger partial charge < -0.3 is 15.0 Å². The van der Waals surface area contributed by atoms with Gasteiger partial charge in [-0.15, -0.1) is 0 Å². The summed E-state index contributed by atoms with van der Waals surface area (Å²) in [5.74, 6) is 1.26. The number of fused-ring (bicyclic) bond motifs is 1. The van der Waals surface area contributed by atoms with Gasteiger partial charge in [0.2, 0.25) is 5.91 Å². The molecule has 1 aliphatic heterocycles. The molecule has 1 fully saturated rings. The third-order valence-electron chi connectivity index (χ3n) is 4.73. The fourth-order valence-corrected chi connectivity index (χ4v) is 4.61. The van der Waals surface area contributed by atoms with Crippen LogP contribution in [0.25, 0.3) is 10.2 Å². The molecule has 0 spiro atoms. The number of carbonyl (C=O) groups excluding carboxylic acids is 1. The molecule has 0 aliphatic carbocycles. The third kappa shape index (κ3) is 5.19. The van der Waals surface area contributed by atoms with Crippen molar-refractivity contribution in [3.63, 3.8) is 0 Å². The molecular weight excluding hydrogens is 374 g/mol. The summed E-state index contributed by atoms with van der Waals surface area (Å²) in [5.41, 5.74) is 7.38. The van der Waals surface area contributed by atoms with Crippen molar-refractivity contribution >= 4 is 38.3 Å². The number of hydrogen-bond acceptors (Lipinski definition) is 6. The van der Waals surface area contributed by atoms with E-state index < -0.39 is 0 Å². The molecule has 7 nitrogen and oxygen atoms in total. The average molecular weight is 405 g/mol. The molecule has 0 saturated carbocycles. The summed E-state index contributed by atoms with van der Waals surface area (Å²) >= 11 is 1.54. The fraction of sp³-hybridized carbons (Fsp3) is 0.600. The van der Waals surface area contributed by atoms with Crippen molar-refractivity contribution in [3.8, 4) is 5.75 Å². The van der Waals surface area contributed by atoms with Crippen molar-refractivity contribution in [3.05, 3.63) is 12.1 Å². The lowest BCUT2D eigenvalue weighted by Gasteiger charge is -2.25. The van der Waals surface area contributed by atoms with Crippen LogP contribution in [0, 0.1) is 11.3 Å². The van der Waals surface area contributed by atoms with E-state index in [0.717, 1.165) is 34.7 Å². The number of ether oxygens (including phenoxy) is 1. The van der Waals surface area contributed by atoms with Crippen LogP contribution in [-0.4, -0.2) is 37.1 Å². The first kappa shape index (κ1) is 20.5. The molecule has 1 atom stereocenters. The number of benzene rings is 1. The molecule has 1 amide bonds. The topological polar surface area (TPSA) is 92.4 Å². The molecule has 2 heterocycles. The average Bonchev–Trinajstić information content (AvgIpc) is 3.02. The van der Waals surface area contributed by atoms with Gasteiger partial charge in [-0.3, -0.25) is 4.79 Å². The van der Waals surface area contributed by atoms with Crippen LogP contribution in [0.2, 0.25) is 0 Å². The van der Waals surface area contributed by atoms with E-state index in [1.54, 1.807) is 11.3 Å². The lowest BCUT2D eigenvalue weighted by atomic mass is 9.84. The Kier molecular flexibility index (Phi) is 6.17. The van der Waals surface area contributed by atoms with E-state index in [2.05, 4.69) is 38.1 Å². The number of piperazine rings is 1. The van der Waals surface area contributed by atoms with Gasteiger partial charge in [0.25, 0.3) is 0 Å². The monoisotopic (exact) mass is 404 g/mol. The highest BCUT2D eigenvalue weighted by Crippen LogP contribution is 2.37. The van der Waals surface area contributed by atoms with Crippen molar-refractivity contribution in [2.24, 2.45) is 16.4 Å². The third-order valence-corrected chi connectivity index (χ3v) is 5.81. The normalized spacial score (nSPS) is 16.1. The molecule has 2 aromatic rings. The number of rotatable bonds is 7. The number of thiazole rings is 1. The van der Waals surface area contributed by atoms with Crippen LogP contribution in [0.5, 0.6) is 5.75 Å². The minimum atomic E-state index is 0.0246. The minimum absolute atomic E-state index is 0.0246. The lowest BCUT2D eigenvalue weighted by molar-refractivity contribution is -0.210. The number of hydrogen-bond donors (Lipinski definition) is 2. The second-order valence-electron chi connectivity index (χ2n) is 8.69. The van der Waals surface area contributed by atoms with Crippen LogP contribution in [0.1, 0.15) is 40.5 Å². The molecule has 1 unspecified atom stereocenters. The second kappa shape index (κ2) is 8.43. The molecule has 1 saturated heterocycles. The zero-order valence-electron chi connectivity index (χ0n) is 17.1. The first-order chi connectivity index (χ1) is 13.2. The number of anilines is 1. The van der Waals surface area contributed by atoms with Gasteiger partial charge >= 0.3 is 0 Å². The Morgan fingerprint density at radius 1 is 1.43 bits per heavy atom. The van der Waals surface area contributed by atoms with E-state index in [0.29, 0.717) is 42.5 Å². The van der Waals surface area contributed by atoms with Crippen LogP contribution in [-0.2, 0) is 4.79 Å². The molecule has 1 aromatic heterocycles. The Hall–Kier alpha value is -2.22. The number of nitrogens with zero attached hydrogens (tertiary/aromatic N) is 3. The van der Waals surface area contributed by atoms with Gasteiger partial charge in [-0.2, -0.15) is 5.53 Å². The Morgan fingerprint density at radius 3 is 2.89 bits per heavy atom. The van der Waals surface area contributed by atoms with Gasteiger partial charge in [0.1, 0.15) is 0 Å². The largest absolute Gasteiger partial charge is 0.491 e. The quantitative estimate of drug-likeness (QED) is 0.694. The molecule has 0 radical (unpaired) electrons. The van der Waals surface area contributed by atoms with Crippen molar-refractivity contribution in [2.75, 3.05) is 31.1 Å². The van der Waals surface area contributed by atoms with Gasteiger partial charge in [0.15, 0.2) is 16.6 Å². The van der Waals surface area contributed by atoms with Crippen molar-refractivity contribution in [1.29, 1.82) is 0 Å². The van der Waals surface area contributed by atoms with Gasteiger partial charge in [-0.1, -0.05) is 39.0 Å². The number of aromatic nitrogens is 1. The second-order valence-corrected chi connectivity index (χ2v) is 9.70. The van der Waals surface area contributed by atoms with Gasteiger partial charge in [0, 0.05) is 19.2 Å². The molecule has 152 valence electrons. The zero-order chi connectivity index (χ0) is 20.3. The van der Waals surface area contributed by atoms with Gasteiger partial charge in [-0.05, 0) is 35.4 Å². The number of nitrogens with one attached hydrogen (secondary N) is 1. The fourth-order valence-electron chi connectivity index (χ4n) is 3.60. The summed E-state index contributed by atoms with van der Waals surface area (Å²) < 4.78 is 6.99. The maximum Gasteiger partial charge on any atom is 0.239 e. The van der Waals surface area contributed by atoms with Crippen LogP contribution in [0.15, 0.2) is 17.2 Å². The molecule has 1 aliphatic rings. The maximum atomic E-state index is 11.6. The van der Waals surface area contributed by atoms with E-state index in [9.17, 15) is 4.79 Å². The molecular formula is C20H30N5O2S+. The Morgan fingerprint density at radius 2 is 2.21 bits per heavy atom. The van der Waals surface area contributed by atoms with Crippen LogP contribution < -0.4 is 20.5 Å². The standard InChI is InChI=1S/C20H29N5O2S/c1-13(11-20(2,3)4)5-8-27-16-9-15-17(10-14(16)24-21)28-19(23-15)25-7-6-22-18(26)12-25/h9-10,13,21H,5-8,11-12H2,1-4H3,(H,22,26)/p+1. The SMILES string of the molecule is CC(CCOc1cc2nc(N3CCNC(=O)C3)sc2cc1N=[NH2+])CC(C)(C)C. The summed E-state index contributed by atoms with van der Waals surface area (Å²) in [6.07, 6.45) is 2.13. The van der Waals surface area contributed by atoms with Crippen LogP contribution in [0.4, 0.5) is 10.8 Å². The molecule has 8 heteroatoms. The highest BCUT2D eigenvalue weighted by molar-refractivity contribution is 7.22.